The van der Waals surface area contributed by atoms with E-state index in [2.05, 4.69) is 11.4 Å². The Balaban J connectivity index is 1.86. The standard InChI is InChI=1S/C15H14N2OS/c16-9-11-2-1-3-13(8-11)14-10-19-15(17-14)12-4-6-18-7-5-12/h1-3,8,10,12H,4-7H2. The quantitative estimate of drug-likeness (QED) is 0.838. The van der Waals surface area contributed by atoms with Crippen molar-refractivity contribution in [3.8, 4) is 17.3 Å². The molecule has 2 heterocycles. The number of nitriles is 1. The number of nitrogens with zero attached hydrogens (tertiary/aromatic N) is 2. The highest BCUT2D eigenvalue weighted by atomic mass is 32.1. The van der Waals surface area contributed by atoms with E-state index in [-0.39, 0.29) is 0 Å². The van der Waals surface area contributed by atoms with Gasteiger partial charge in [0.1, 0.15) is 0 Å². The lowest BCUT2D eigenvalue weighted by Crippen LogP contribution is -2.13. The number of benzene rings is 1. The van der Waals surface area contributed by atoms with Crippen LogP contribution in [0, 0.1) is 11.3 Å². The molecule has 0 bridgehead atoms. The number of rotatable bonds is 2. The minimum atomic E-state index is 0.534. The van der Waals surface area contributed by atoms with Crippen molar-refractivity contribution >= 4 is 11.3 Å². The van der Waals surface area contributed by atoms with Crippen molar-refractivity contribution < 1.29 is 4.74 Å². The highest BCUT2D eigenvalue weighted by Crippen LogP contribution is 2.32. The molecule has 4 heteroatoms. The average Bonchev–Trinajstić information content (AvgIpc) is 2.98. The molecule has 0 saturated carbocycles. The fraction of sp³-hybridized carbons (Fsp3) is 0.333. The fourth-order valence-corrected chi connectivity index (χ4v) is 3.30. The fourth-order valence-electron chi connectivity index (χ4n) is 2.30. The van der Waals surface area contributed by atoms with Crippen LogP contribution in [-0.2, 0) is 4.74 Å². The Morgan fingerprint density at radius 1 is 1.32 bits per heavy atom. The smallest absolute Gasteiger partial charge is 0.0991 e. The van der Waals surface area contributed by atoms with E-state index >= 15 is 0 Å². The predicted octanol–water partition coefficient (Wildman–Crippen LogP) is 3.58. The molecule has 0 spiro atoms. The molecule has 1 aliphatic rings. The van der Waals surface area contributed by atoms with Crippen molar-refractivity contribution in [1.29, 1.82) is 5.26 Å². The van der Waals surface area contributed by atoms with Gasteiger partial charge in [0.05, 0.1) is 22.3 Å². The molecule has 0 radical (unpaired) electrons. The van der Waals surface area contributed by atoms with Crippen molar-refractivity contribution in [1.82, 2.24) is 4.98 Å². The second-order valence-corrected chi connectivity index (χ2v) is 5.54. The second kappa shape index (κ2) is 5.52. The van der Waals surface area contributed by atoms with Gasteiger partial charge in [0, 0.05) is 30.1 Å². The van der Waals surface area contributed by atoms with Crippen LogP contribution in [0.15, 0.2) is 29.6 Å². The first kappa shape index (κ1) is 12.3. The Bertz CT molecular complexity index is 609. The molecule has 96 valence electrons. The van der Waals surface area contributed by atoms with Crippen molar-refractivity contribution in [2.75, 3.05) is 13.2 Å². The van der Waals surface area contributed by atoms with Gasteiger partial charge in [0.2, 0.25) is 0 Å². The Labute approximate surface area is 116 Å². The lowest BCUT2D eigenvalue weighted by Gasteiger charge is -2.19. The maximum absolute atomic E-state index is 8.94. The predicted molar refractivity (Wildman–Crippen MR) is 75.1 cm³/mol. The topological polar surface area (TPSA) is 45.9 Å². The first-order chi connectivity index (χ1) is 9.36. The molecule has 1 saturated heterocycles. The zero-order chi connectivity index (χ0) is 13.1. The lowest BCUT2D eigenvalue weighted by atomic mass is 10.0. The second-order valence-electron chi connectivity index (χ2n) is 4.65. The highest BCUT2D eigenvalue weighted by Gasteiger charge is 2.19. The van der Waals surface area contributed by atoms with Gasteiger partial charge in [-0.05, 0) is 25.0 Å². The molecular weight excluding hydrogens is 256 g/mol. The van der Waals surface area contributed by atoms with E-state index in [0.717, 1.165) is 37.3 Å². The van der Waals surface area contributed by atoms with E-state index in [1.807, 2.05) is 24.3 Å². The van der Waals surface area contributed by atoms with Crippen LogP contribution in [0.4, 0.5) is 0 Å². The Hall–Kier alpha value is -1.70. The minimum absolute atomic E-state index is 0.534. The van der Waals surface area contributed by atoms with Crippen LogP contribution in [0.5, 0.6) is 0 Å². The van der Waals surface area contributed by atoms with Gasteiger partial charge in [-0.1, -0.05) is 12.1 Å². The van der Waals surface area contributed by atoms with Gasteiger partial charge in [-0.25, -0.2) is 4.98 Å². The van der Waals surface area contributed by atoms with Gasteiger partial charge >= 0.3 is 0 Å². The molecule has 1 aliphatic heterocycles. The number of thiazole rings is 1. The lowest BCUT2D eigenvalue weighted by molar-refractivity contribution is 0.0853. The molecule has 0 atom stereocenters. The minimum Gasteiger partial charge on any atom is -0.381 e. The molecule has 1 aromatic heterocycles. The molecular formula is C15H14N2OS. The summed E-state index contributed by atoms with van der Waals surface area (Å²) in [5.74, 6) is 0.534. The number of aromatic nitrogens is 1. The Kier molecular flexibility index (Phi) is 3.58. The summed E-state index contributed by atoms with van der Waals surface area (Å²) in [5, 5.41) is 12.2. The van der Waals surface area contributed by atoms with Gasteiger partial charge in [-0.2, -0.15) is 5.26 Å². The van der Waals surface area contributed by atoms with Crippen LogP contribution >= 0.6 is 11.3 Å². The van der Waals surface area contributed by atoms with Gasteiger partial charge in [-0.15, -0.1) is 11.3 Å². The zero-order valence-corrected chi connectivity index (χ0v) is 11.3. The van der Waals surface area contributed by atoms with Crippen LogP contribution in [0.1, 0.15) is 29.3 Å². The molecule has 3 nitrogen and oxygen atoms in total. The summed E-state index contributed by atoms with van der Waals surface area (Å²) in [6.07, 6.45) is 2.12. The SMILES string of the molecule is N#Cc1cccc(-c2csc(C3CCOCC3)n2)c1. The van der Waals surface area contributed by atoms with E-state index in [4.69, 9.17) is 15.0 Å². The van der Waals surface area contributed by atoms with Crippen LogP contribution in [0.3, 0.4) is 0 Å². The molecule has 1 fully saturated rings. The third kappa shape index (κ3) is 2.67. The zero-order valence-electron chi connectivity index (χ0n) is 10.5. The third-order valence-corrected chi connectivity index (χ3v) is 4.39. The van der Waals surface area contributed by atoms with Crippen LogP contribution in [-0.4, -0.2) is 18.2 Å². The number of ether oxygens (including phenoxy) is 1. The Morgan fingerprint density at radius 2 is 2.16 bits per heavy atom. The van der Waals surface area contributed by atoms with Gasteiger partial charge in [-0.3, -0.25) is 0 Å². The normalized spacial score (nSPS) is 16.2. The van der Waals surface area contributed by atoms with E-state index in [9.17, 15) is 0 Å². The van der Waals surface area contributed by atoms with Gasteiger partial charge < -0.3 is 4.74 Å². The van der Waals surface area contributed by atoms with Crippen molar-refractivity contribution in [2.45, 2.75) is 18.8 Å². The summed E-state index contributed by atoms with van der Waals surface area (Å²) in [6.45, 7) is 1.67. The van der Waals surface area contributed by atoms with Gasteiger partial charge in [0.25, 0.3) is 0 Å². The van der Waals surface area contributed by atoms with E-state index in [1.54, 1.807) is 11.3 Å². The largest absolute Gasteiger partial charge is 0.381 e. The molecule has 0 N–H and O–H groups in total. The van der Waals surface area contributed by atoms with Crippen molar-refractivity contribution in [3.05, 3.63) is 40.2 Å². The summed E-state index contributed by atoms with van der Waals surface area (Å²) < 4.78 is 5.38. The summed E-state index contributed by atoms with van der Waals surface area (Å²) in [4.78, 5) is 4.73. The molecule has 0 unspecified atom stereocenters. The highest BCUT2D eigenvalue weighted by molar-refractivity contribution is 7.10. The number of hydrogen-bond acceptors (Lipinski definition) is 4. The summed E-state index contributed by atoms with van der Waals surface area (Å²) in [5.41, 5.74) is 2.68. The molecule has 0 amide bonds. The molecule has 0 aliphatic carbocycles. The summed E-state index contributed by atoms with van der Waals surface area (Å²) in [7, 11) is 0. The molecule has 1 aromatic carbocycles. The maximum Gasteiger partial charge on any atom is 0.0991 e. The van der Waals surface area contributed by atoms with Crippen molar-refractivity contribution in [3.63, 3.8) is 0 Å². The molecule has 19 heavy (non-hydrogen) atoms. The average molecular weight is 270 g/mol. The van der Waals surface area contributed by atoms with E-state index < -0.39 is 0 Å². The van der Waals surface area contributed by atoms with E-state index in [0.29, 0.717) is 11.5 Å². The monoisotopic (exact) mass is 270 g/mol. The van der Waals surface area contributed by atoms with E-state index in [1.165, 1.54) is 5.01 Å². The number of hydrogen-bond donors (Lipinski definition) is 0. The third-order valence-electron chi connectivity index (χ3n) is 3.38. The first-order valence-corrected chi connectivity index (χ1v) is 7.28. The molecule has 3 rings (SSSR count). The molecule has 2 aromatic rings. The van der Waals surface area contributed by atoms with Crippen LogP contribution < -0.4 is 0 Å². The van der Waals surface area contributed by atoms with Crippen molar-refractivity contribution in [2.24, 2.45) is 0 Å². The Morgan fingerprint density at radius 3 is 2.95 bits per heavy atom. The summed E-state index contributed by atoms with van der Waals surface area (Å²) in [6, 6.07) is 9.78. The first-order valence-electron chi connectivity index (χ1n) is 6.40. The van der Waals surface area contributed by atoms with Crippen LogP contribution in [0.2, 0.25) is 0 Å². The van der Waals surface area contributed by atoms with Gasteiger partial charge in [0.15, 0.2) is 0 Å². The maximum atomic E-state index is 8.94. The van der Waals surface area contributed by atoms with Crippen LogP contribution in [0.25, 0.3) is 11.3 Å². The summed E-state index contributed by atoms with van der Waals surface area (Å²) >= 11 is 1.71.